The number of nitrogens with two attached hydrogens (primary N) is 1. The van der Waals surface area contributed by atoms with Crippen molar-refractivity contribution in [2.75, 3.05) is 18.5 Å². The zero-order valence-electron chi connectivity index (χ0n) is 11.7. The Hall–Kier alpha value is -1.55. The van der Waals surface area contributed by atoms with Gasteiger partial charge in [0, 0.05) is 25.3 Å². The smallest absolute Gasteiger partial charge is 0.234 e. The summed E-state index contributed by atoms with van der Waals surface area (Å²) in [4.78, 5) is 13.6. The number of nitrogens with one attached hydrogen (secondary N) is 1. The summed E-state index contributed by atoms with van der Waals surface area (Å²) in [6.07, 6.45) is 3.07. The van der Waals surface area contributed by atoms with E-state index in [2.05, 4.69) is 36.3 Å². The molecule has 1 saturated carbocycles. The number of hydrogen-bond acceptors (Lipinski definition) is 3. The molecule has 4 nitrogen and oxygen atoms in total. The Morgan fingerprint density at radius 3 is 2.74 bits per heavy atom. The van der Waals surface area contributed by atoms with Crippen LogP contribution in [0, 0.1) is 6.92 Å². The second-order valence-electron chi connectivity index (χ2n) is 5.39. The molecule has 0 bridgehead atoms. The molecule has 1 aromatic rings. The maximum atomic E-state index is 11.4. The summed E-state index contributed by atoms with van der Waals surface area (Å²) in [5, 5.41) is 3.31. The Balaban J connectivity index is 1.89. The van der Waals surface area contributed by atoms with Gasteiger partial charge >= 0.3 is 0 Å². The summed E-state index contributed by atoms with van der Waals surface area (Å²) in [7, 11) is 2.05. The van der Waals surface area contributed by atoms with Crippen molar-refractivity contribution in [3.63, 3.8) is 0 Å². The molecule has 0 aliphatic heterocycles. The number of hydrogen-bond donors (Lipinski definition) is 2. The number of aryl methyl sites for hydroxylation is 1. The number of carbonyl (C=O) groups is 1. The van der Waals surface area contributed by atoms with Crippen molar-refractivity contribution in [3.8, 4) is 0 Å². The zero-order valence-corrected chi connectivity index (χ0v) is 11.7. The van der Waals surface area contributed by atoms with Crippen LogP contribution in [-0.2, 0) is 4.79 Å². The minimum absolute atomic E-state index is 0.209. The Labute approximate surface area is 115 Å². The van der Waals surface area contributed by atoms with Gasteiger partial charge in [0.1, 0.15) is 0 Å². The molecule has 19 heavy (non-hydrogen) atoms. The first-order chi connectivity index (χ1) is 9.08. The molecule has 0 spiro atoms. The van der Waals surface area contributed by atoms with Crippen molar-refractivity contribution in [1.29, 1.82) is 0 Å². The second-order valence-corrected chi connectivity index (χ2v) is 5.39. The fourth-order valence-electron chi connectivity index (χ4n) is 2.28. The summed E-state index contributed by atoms with van der Waals surface area (Å²) in [6.45, 7) is 2.91. The van der Waals surface area contributed by atoms with Crippen LogP contribution in [0.25, 0.3) is 0 Å². The Morgan fingerprint density at radius 2 is 2.16 bits per heavy atom. The average molecular weight is 261 g/mol. The van der Waals surface area contributed by atoms with Crippen molar-refractivity contribution < 1.29 is 4.79 Å². The molecule has 0 heterocycles. The molecule has 104 valence electrons. The normalized spacial score (nSPS) is 16.1. The highest BCUT2D eigenvalue weighted by atomic mass is 16.1. The van der Waals surface area contributed by atoms with E-state index in [0.29, 0.717) is 6.04 Å². The lowest BCUT2D eigenvalue weighted by atomic mass is 10.1. The maximum absolute atomic E-state index is 11.4. The highest BCUT2D eigenvalue weighted by molar-refractivity contribution is 5.80. The van der Waals surface area contributed by atoms with Gasteiger partial charge in [-0.3, -0.25) is 4.79 Å². The van der Waals surface area contributed by atoms with Crippen LogP contribution in [0.15, 0.2) is 24.3 Å². The number of nitrogens with zero attached hydrogens (tertiary/aromatic N) is 1. The van der Waals surface area contributed by atoms with E-state index in [1.54, 1.807) is 0 Å². The summed E-state index contributed by atoms with van der Waals surface area (Å²) in [5.74, 6) is -0.245. The number of primary amides is 1. The highest BCUT2D eigenvalue weighted by Gasteiger charge is 2.27. The van der Waals surface area contributed by atoms with Crippen LogP contribution in [0.3, 0.4) is 0 Å². The predicted octanol–water partition coefficient (Wildman–Crippen LogP) is 1.43. The van der Waals surface area contributed by atoms with Crippen molar-refractivity contribution >= 4 is 11.6 Å². The number of carbonyl (C=O) groups excluding carboxylic acids is 1. The third-order valence-corrected chi connectivity index (χ3v) is 3.64. The van der Waals surface area contributed by atoms with Crippen LogP contribution in [0.1, 0.15) is 24.8 Å². The third kappa shape index (κ3) is 3.96. The first kappa shape index (κ1) is 13.9. The van der Waals surface area contributed by atoms with Crippen molar-refractivity contribution in [1.82, 2.24) is 5.32 Å². The van der Waals surface area contributed by atoms with Gasteiger partial charge in [-0.1, -0.05) is 18.2 Å². The molecule has 0 aromatic heterocycles. The van der Waals surface area contributed by atoms with Gasteiger partial charge < -0.3 is 16.0 Å². The molecule has 0 saturated heterocycles. The molecular weight excluding hydrogens is 238 g/mol. The lowest BCUT2D eigenvalue weighted by Gasteiger charge is -2.24. The molecule has 1 amide bonds. The highest BCUT2D eigenvalue weighted by Crippen LogP contribution is 2.21. The molecule has 1 fully saturated rings. The van der Waals surface area contributed by atoms with Gasteiger partial charge in [0.2, 0.25) is 5.91 Å². The number of rotatable bonds is 7. The first-order valence-electron chi connectivity index (χ1n) is 6.90. The first-order valence-corrected chi connectivity index (χ1v) is 6.90. The van der Waals surface area contributed by atoms with E-state index < -0.39 is 0 Å². The molecule has 2 rings (SSSR count). The molecule has 3 N–H and O–H groups in total. The van der Waals surface area contributed by atoms with E-state index in [9.17, 15) is 4.79 Å². The Bertz CT molecular complexity index is 443. The zero-order chi connectivity index (χ0) is 13.8. The van der Waals surface area contributed by atoms with E-state index in [4.69, 9.17) is 5.73 Å². The van der Waals surface area contributed by atoms with Gasteiger partial charge in [-0.15, -0.1) is 0 Å². The monoisotopic (exact) mass is 261 g/mol. The van der Waals surface area contributed by atoms with Crippen LogP contribution >= 0.6 is 0 Å². The van der Waals surface area contributed by atoms with Crippen LogP contribution in [0.5, 0.6) is 0 Å². The molecule has 1 aliphatic rings. The number of anilines is 1. The quantitative estimate of drug-likeness (QED) is 0.780. The predicted molar refractivity (Wildman–Crippen MR) is 78.2 cm³/mol. The summed E-state index contributed by atoms with van der Waals surface area (Å²) in [5.41, 5.74) is 7.90. The largest absolute Gasteiger partial charge is 0.374 e. The molecule has 1 unspecified atom stereocenters. The van der Waals surface area contributed by atoms with Crippen molar-refractivity contribution in [2.24, 2.45) is 5.73 Å². The number of benzene rings is 1. The van der Waals surface area contributed by atoms with E-state index in [1.165, 1.54) is 11.3 Å². The number of amides is 1. The standard InChI is InChI=1S/C15H23N3O/c1-11-5-3-4-6-14(11)18(2)10-9-13(15(16)19)17-12-7-8-12/h3-6,12-13,17H,7-10H2,1-2H3,(H2,16,19). The van der Waals surface area contributed by atoms with Crippen LogP contribution < -0.4 is 16.0 Å². The molecular formula is C15H23N3O. The summed E-state index contributed by atoms with van der Waals surface area (Å²) >= 11 is 0. The average Bonchev–Trinajstić information content (AvgIpc) is 3.18. The SMILES string of the molecule is Cc1ccccc1N(C)CCC(NC1CC1)C(N)=O. The van der Waals surface area contributed by atoms with Gasteiger partial charge in [-0.05, 0) is 37.8 Å². The van der Waals surface area contributed by atoms with Crippen molar-refractivity contribution in [2.45, 2.75) is 38.3 Å². The molecule has 1 aromatic carbocycles. The van der Waals surface area contributed by atoms with Gasteiger partial charge in [0.25, 0.3) is 0 Å². The topological polar surface area (TPSA) is 58.4 Å². The molecule has 1 atom stereocenters. The maximum Gasteiger partial charge on any atom is 0.234 e. The van der Waals surface area contributed by atoms with Crippen molar-refractivity contribution in [3.05, 3.63) is 29.8 Å². The lowest BCUT2D eigenvalue weighted by Crippen LogP contribution is -2.44. The Morgan fingerprint density at radius 1 is 1.47 bits per heavy atom. The lowest BCUT2D eigenvalue weighted by molar-refractivity contribution is -0.120. The van der Waals surface area contributed by atoms with Crippen LogP contribution in [-0.4, -0.2) is 31.6 Å². The Kier molecular flexibility index (Phi) is 4.43. The molecule has 4 heteroatoms. The number of para-hydroxylation sites is 1. The second kappa shape index (κ2) is 6.06. The van der Waals surface area contributed by atoms with E-state index in [-0.39, 0.29) is 11.9 Å². The van der Waals surface area contributed by atoms with Gasteiger partial charge in [-0.2, -0.15) is 0 Å². The fraction of sp³-hybridized carbons (Fsp3) is 0.533. The minimum atomic E-state index is -0.245. The third-order valence-electron chi connectivity index (χ3n) is 3.64. The molecule has 1 aliphatic carbocycles. The van der Waals surface area contributed by atoms with Crippen LogP contribution in [0.2, 0.25) is 0 Å². The summed E-state index contributed by atoms with van der Waals surface area (Å²) < 4.78 is 0. The van der Waals surface area contributed by atoms with E-state index >= 15 is 0 Å². The minimum Gasteiger partial charge on any atom is -0.374 e. The van der Waals surface area contributed by atoms with Gasteiger partial charge in [0.05, 0.1) is 6.04 Å². The van der Waals surface area contributed by atoms with E-state index in [1.807, 2.05) is 12.1 Å². The van der Waals surface area contributed by atoms with Gasteiger partial charge in [-0.25, -0.2) is 0 Å². The van der Waals surface area contributed by atoms with E-state index in [0.717, 1.165) is 25.8 Å². The fourth-order valence-corrected chi connectivity index (χ4v) is 2.28. The molecule has 0 radical (unpaired) electrons. The summed E-state index contributed by atoms with van der Waals surface area (Å²) in [6, 6.07) is 8.56. The van der Waals surface area contributed by atoms with Crippen LogP contribution in [0.4, 0.5) is 5.69 Å². The van der Waals surface area contributed by atoms with Gasteiger partial charge in [0.15, 0.2) is 0 Å².